The van der Waals surface area contributed by atoms with Gasteiger partial charge in [0.15, 0.2) is 18.7 Å². The quantitative estimate of drug-likeness (QED) is 0.822. The zero-order chi connectivity index (χ0) is 16.4. The van der Waals surface area contributed by atoms with Gasteiger partial charge in [0.05, 0.1) is 6.61 Å². The third kappa shape index (κ3) is 3.39. The molecule has 1 N–H and O–H groups in total. The fraction of sp³-hybridized carbons (Fsp3) is 0.562. The van der Waals surface area contributed by atoms with E-state index in [0.717, 1.165) is 5.56 Å². The van der Waals surface area contributed by atoms with E-state index in [1.807, 2.05) is 30.3 Å². The average molecular weight is 324 g/mol. The lowest BCUT2D eigenvalue weighted by atomic mass is 9.97. The lowest BCUT2D eigenvalue weighted by molar-refractivity contribution is -0.358. The molecule has 0 spiro atoms. The first-order valence-electron chi connectivity index (χ1n) is 7.45. The molecule has 2 fully saturated rings. The van der Waals surface area contributed by atoms with Crippen molar-refractivity contribution in [2.75, 3.05) is 13.7 Å². The maximum Gasteiger partial charge on any atom is 0.303 e. The second kappa shape index (κ2) is 6.94. The first-order valence-corrected chi connectivity index (χ1v) is 7.45. The Morgan fingerprint density at radius 3 is 2.65 bits per heavy atom. The van der Waals surface area contributed by atoms with Crippen LogP contribution in [0.15, 0.2) is 30.3 Å². The number of carbonyl (C=O) groups excluding carboxylic acids is 1. The molecule has 1 aromatic carbocycles. The molecule has 2 saturated heterocycles. The summed E-state index contributed by atoms with van der Waals surface area (Å²) < 4.78 is 27.6. The van der Waals surface area contributed by atoms with E-state index in [-0.39, 0.29) is 6.61 Å². The molecule has 0 aliphatic carbocycles. The minimum atomic E-state index is -1.14. The van der Waals surface area contributed by atoms with Crippen LogP contribution in [0.3, 0.4) is 0 Å². The van der Waals surface area contributed by atoms with Crippen molar-refractivity contribution < 1.29 is 33.6 Å². The summed E-state index contributed by atoms with van der Waals surface area (Å²) >= 11 is 0. The van der Waals surface area contributed by atoms with Crippen molar-refractivity contribution in [3.05, 3.63) is 35.9 Å². The van der Waals surface area contributed by atoms with Crippen LogP contribution in [0.2, 0.25) is 0 Å². The molecule has 0 aromatic heterocycles. The fourth-order valence-corrected chi connectivity index (χ4v) is 2.86. The summed E-state index contributed by atoms with van der Waals surface area (Å²) in [6.45, 7) is 1.53. The largest absolute Gasteiger partial charge is 0.457 e. The molecule has 0 unspecified atom stereocenters. The molecule has 0 saturated carbocycles. The van der Waals surface area contributed by atoms with Crippen molar-refractivity contribution in [2.24, 2.45) is 0 Å². The number of hydrogen-bond acceptors (Lipinski definition) is 7. The van der Waals surface area contributed by atoms with E-state index in [0.29, 0.717) is 0 Å². The molecule has 1 aromatic rings. The number of hydrogen-bond donors (Lipinski definition) is 1. The van der Waals surface area contributed by atoms with E-state index < -0.39 is 43.0 Å². The van der Waals surface area contributed by atoms with Gasteiger partial charge in [-0.05, 0) is 0 Å². The number of ether oxygens (including phenoxy) is 5. The number of fused-ring (bicyclic) bond motifs is 1. The highest BCUT2D eigenvalue weighted by Crippen LogP contribution is 2.35. The summed E-state index contributed by atoms with van der Waals surface area (Å²) in [5.41, 5.74) is 0.843. The number of aliphatic hydroxyl groups excluding tert-OH is 1. The Labute approximate surface area is 134 Å². The standard InChI is InChI=1S/C16H20O7/c1-9(17)21-14-12(18)16(19-2)22-11-8-20-15(23-13(11)14)10-6-4-3-5-7-10/h3-7,11-16,18H,8H2,1-2H3/t11-,12-,13-,14+,15-,16+/m1/s1. The molecular weight excluding hydrogens is 304 g/mol. The van der Waals surface area contributed by atoms with Gasteiger partial charge in [-0.1, -0.05) is 30.3 Å². The predicted molar refractivity (Wildman–Crippen MR) is 77.2 cm³/mol. The Bertz CT molecular complexity index is 534. The van der Waals surface area contributed by atoms with Gasteiger partial charge in [-0.15, -0.1) is 0 Å². The minimum absolute atomic E-state index is 0.245. The molecule has 126 valence electrons. The molecule has 3 rings (SSSR count). The van der Waals surface area contributed by atoms with Gasteiger partial charge in [0.2, 0.25) is 0 Å². The van der Waals surface area contributed by atoms with Gasteiger partial charge in [0.1, 0.15) is 18.3 Å². The lowest BCUT2D eigenvalue weighted by Crippen LogP contribution is -2.63. The number of methoxy groups -OCH3 is 1. The number of carbonyl (C=O) groups is 1. The van der Waals surface area contributed by atoms with Crippen LogP contribution in [-0.4, -0.2) is 55.5 Å². The van der Waals surface area contributed by atoms with E-state index in [4.69, 9.17) is 23.7 Å². The molecule has 2 aliphatic heterocycles. The van der Waals surface area contributed by atoms with Gasteiger partial charge in [-0.3, -0.25) is 4.79 Å². The normalized spacial score (nSPS) is 37.0. The van der Waals surface area contributed by atoms with Crippen molar-refractivity contribution >= 4 is 5.97 Å². The molecule has 6 atom stereocenters. The van der Waals surface area contributed by atoms with Crippen molar-refractivity contribution in [3.8, 4) is 0 Å². The number of benzene rings is 1. The van der Waals surface area contributed by atoms with E-state index >= 15 is 0 Å². The van der Waals surface area contributed by atoms with E-state index in [1.54, 1.807) is 0 Å². The van der Waals surface area contributed by atoms with E-state index in [1.165, 1.54) is 14.0 Å². The number of aliphatic hydroxyl groups is 1. The Hall–Kier alpha value is -1.51. The molecule has 2 heterocycles. The number of rotatable bonds is 3. The molecule has 2 aliphatic rings. The van der Waals surface area contributed by atoms with Crippen LogP contribution >= 0.6 is 0 Å². The highest BCUT2D eigenvalue weighted by Gasteiger charge is 2.51. The Balaban J connectivity index is 1.80. The number of esters is 1. The smallest absolute Gasteiger partial charge is 0.303 e. The van der Waals surface area contributed by atoms with Gasteiger partial charge >= 0.3 is 5.97 Å². The fourth-order valence-electron chi connectivity index (χ4n) is 2.86. The second-order valence-electron chi connectivity index (χ2n) is 5.52. The third-order valence-corrected chi connectivity index (χ3v) is 3.91. The Kier molecular flexibility index (Phi) is 4.93. The van der Waals surface area contributed by atoms with Crippen LogP contribution in [0, 0.1) is 0 Å². The van der Waals surface area contributed by atoms with Crippen LogP contribution in [0.1, 0.15) is 18.8 Å². The summed E-state index contributed by atoms with van der Waals surface area (Å²) in [4.78, 5) is 11.4. The SMILES string of the molecule is CO[C@H]1O[C@@H]2CO[C@@H](c3ccccc3)O[C@H]2[C@@H](OC(C)=O)[C@H]1O. The van der Waals surface area contributed by atoms with Gasteiger partial charge in [-0.2, -0.15) is 0 Å². The van der Waals surface area contributed by atoms with Crippen molar-refractivity contribution in [1.29, 1.82) is 0 Å². The lowest BCUT2D eigenvalue weighted by Gasteiger charge is -2.46. The summed E-state index contributed by atoms with van der Waals surface area (Å²) in [6.07, 6.45) is -4.66. The van der Waals surface area contributed by atoms with Crippen LogP contribution in [0.25, 0.3) is 0 Å². The van der Waals surface area contributed by atoms with Gasteiger partial charge in [0, 0.05) is 19.6 Å². The van der Waals surface area contributed by atoms with Crippen molar-refractivity contribution in [1.82, 2.24) is 0 Å². The summed E-state index contributed by atoms with van der Waals surface area (Å²) in [5, 5.41) is 10.3. The first kappa shape index (κ1) is 16.4. The first-order chi connectivity index (χ1) is 11.1. The van der Waals surface area contributed by atoms with Crippen molar-refractivity contribution in [2.45, 2.75) is 43.9 Å². The third-order valence-electron chi connectivity index (χ3n) is 3.91. The highest BCUT2D eigenvalue weighted by molar-refractivity contribution is 5.66. The highest BCUT2D eigenvalue weighted by atomic mass is 16.8. The van der Waals surface area contributed by atoms with Crippen LogP contribution < -0.4 is 0 Å². The summed E-state index contributed by atoms with van der Waals surface area (Å²) in [5.74, 6) is -0.504. The van der Waals surface area contributed by atoms with E-state index in [9.17, 15) is 9.90 Å². The van der Waals surface area contributed by atoms with Gasteiger partial charge in [0.25, 0.3) is 0 Å². The molecule has 7 heteroatoms. The van der Waals surface area contributed by atoms with Crippen LogP contribution in [0.5, 0.6) is 0 Å². The van der Waals surface area contributed by atoms with Crippen LogP contribution in [-0.2, 0) is 28.5 Å². The second-order valence-corrected chi connectivity index (χ2v) is 5.52. The maximum atomic E-state index is 11.4. The molecular formula is C16H20O7. The summed E-state index contributed by atoms with van der Waals surface area (Å²) in [7, 11) is 1.41. The molecule has 23 heavy (non-hydrogen) atoms. The topological polar surface area (TPSA) is 83.5 Å². The molecule has 0 radical (unpaired) electrons. The zero-order valence-electron chi connectivity index (χ0n) is 13.0. The molecule has 7 nitrogen and oxygen atoms in total. The Morgan fingerprint density at radius 2 is 2.00 bits per heavy atom. The summed E-state index contributed by atoms with van der Waals surface area (Å²) in [6, 6.07) is 9.41. The zero-order valence-corrected chi connectivity index (χ0v) is 13.0. The van der Waals surface area contributed by atoms with Crippen LogP contribution in [0.4, 0.5) is 0 Å². The van der Waals surface area contributed by atoms with E-state index in [2.05, 4.69) is 0 Å². The van der Waals surface area contributed by atoms with Gasteiger partial charge < -0.3 is 28.8 Å². The minimum Gasteiger partial charge on any atom is -0.457 e. The monoisotopic (exact) mass is 324 g/mol. The average Bonchev–Trinajstić information content (AvgIpc) is 2.57. The van der Waals surface area contributed by atoms with Gasteiger partial charge in [-0.25, -0.2) is 0 Å². The predicted octanol–water partition coefficient (Wildman–Crippen LogP) is 0.764. The molecule has 0 amide bonds. The van der Waals surface area contributed by atoms with Crippen molar-refractivity contribution in [3.63, 3.8) is 0 Å². The maximum absolute atomic E-state index is 11.4. The Morgan fingerprint density at radius 1 is 1.26 bits per heavy atom. The molecule has 0 bridgehead atoms.